The topological polar surface area (TPSA) is 26.7 Å². The number of aliphatic hydroxyl groups is 1. The Bertz CT molecular complexity index is 475. The van der Waals surface area contributed by atoms with E-state index >= 15 is 0 Å². The van der Waals surface area contributed by atoms with E-state index in [0.717, 1.165) is 43.9 Å². The largest absolute Gasteiger partial charge is 0.416 e. The van der Waals surface area contributed by atoms with Crippen molar-refractivity contribution in [2.24, 2.45) is 0 Å². The van der Waals surface area contributed by atoms with Crippen LogP contribution in [0.4, 0.5) is 13.2 Å². The molecular weight excluding hydrogens is 293 g/mol. The van der Waals surface area contributed by atoms with Gasteiger partial charge in [0.15, 0.2) is 0 Å². The first-order valence-electron chi connectivity index (χ1n) is 7.63. The second-order valence-corrected chi connectivity index (χ2v) is 5.79. The molecule has 0 amide bonds. The molecule has 1 aliphatic heterocycles. The van der Waals surface area contributed by atoms with E-state index in [2.05, 4.69) is 23.6 Å². The summed E-state index contributed by atoms with van der Waals surface area (Å²) in [4.78, 5) is 4.51. The molecule has 2 rings (SSSR count). The number of nitrogens with zero attached hydrogens (tertiary/aromatic N) is 2. The van der Waals surface area contributed by atoms with Crippen molar-refractivity contribution in [3.8, 4) is 0 Å². The predicted molar refractivity (Wildman–Crippen MR) is 79.6 cm³/mol. The molecule has 22 heavy (non-hydrogen) atoms. The minimum atomic E-state index is -4.32. The lowest BCUT2D eigenvalue weighted by Gasteiger charge is -2.42. The van der Waals surface area contributed by atoms with Crippen molar-refractivity contribution < 1.29 is 18.3 Å². The summed E-state index contributed by atoms with van der Waals surface area (Å²) in [6.45, 7) is 7.67. The third-order valence-electron chi connectivity index (χ3n) is 4.44. The third kappa shape index (κ3) is 3.80. The highest BCUT2D eigenvalue weighted by Gasteiger charge is 2.31. The Hall–Kier alpha value is -1.11. The van der Waals surface area contributed by atoms with Crippen LogP contribution in [0.25, 0.3) is 0 Å². The summed E-state index contributed by atoms with van der Waals surface area (Å²) in [5.74, 6) is 0. The van der Waals surface area contributed by atoms with Crippen molar-refractivity contribution in [3.63, 3.8) is 0 Å². The van der Waals surface area contributed by atoms with E-state index in [9.17, 15) is 18.3 Å². The minimum Gasteiger partial charge on any atom is -0.394 e. The first kappa shape index (κ1) is 17.2. The monoisotopic (exact) mass is 316 g/mol. The molecule has 2 atom stereocenters. The van der Waals surface area contributed by atoms with Crippen LogP contribution >= 0.6 is 0 Å². The fourth-order valence-electron chi connectivity index (χ4n) is 3.10. The molecule has 0 aromatic heterocycles. The van der Waals surface area contributed by atoms with Crippen LogP contribution in [-0.2, 0) is 6.18 Å². The van der Waals surface area contributed by atoms with Crippen LogP contribution in [-0.4, -0.2) is 53.7 Å². The lowest BCUT2D eigenvalue weighted by Crippen LogP contribution is -2.53. The molecule has 0 radical (unpaired) electrons. The zero-order chi connectivity index (χ0) is 16.3. The molecule has 6 heteroatoms. The fourth-order valence-corrected chi connectivity index (χ4v) is 3.10. The van der Waals surface area contributed by atoms with Crippen LogP contribution in [0.5, 0.6) is 0 Å². The van der Waals surface area contributed by atoms with Gasteiger partial charge in [0, 0.05) is 25.7 Å². The second kappa shape index (κ2) is 6.98. The Morgan fingerprint density at radius 3 is 2.32 bits per heavy atom. The smallest absolute Gasteiger partial charge is 0.394 e. The fraction of sp³-hybridized carbons (Fsp3) is 0.625. The zero-order valence-electron chi connectivity index (χ0n) is 13.0. The van der Waals surface area contributed by atoms with Gasteiger partial charge in [0.1, 0.15) is 0 Å². The van der Waals surface area contributed by atoms with E-state index < -0.39 is 11.7 Å². The highest BCUT2D eigenvalue weighted by Crippen LogP contribution is 2.31. The van der Waals surface area contributed by atoms with Crippen LogP contribution in [0.1, 0.15) is 31.0 Å². The average Bonchev–Trinajstić information content (AvgIpc) is 2.48. The maximum Gasteiger partial charge on any atom is 0.416 e. The number of hydrogen-bond acceptors (Lipinski definition) is 3. The number of aliphatic hydroxyl groups excluding tert-OH is 1. The molecule has 1 aliphatic rings. The SMILES string of the molecule is CCN1CCN(C(CO)c2ccc(C(F)(F)F)cc2)CC1C. The molecule has 124 valence electrons. The van der Waals surface area contributed by atoms with E-state index in [0.29, 0.717) is 6.04 Å². The zero-order valence-corrected chi connectivity index (χ0v) is 13.0. The van der Waals surface area contributed by atoms with Crippen LogP contribution < -0.4 is 0 Å². The van der Waals surface area contributed by atoms with Crippen molar-refractivity contribution in [1.29, 1.82) is 0 Å². The normalized spacial score (nSPS) is 22.7. The van der Waals surface area contributed by atoms with Gasteiger partial charge in [-0.3, -0.25) is 9.80 Å². The van der Waals surface area contributed by atoms with Crippen LogP contribution in [0.3, 0.4) is 0 Å². The number of rotatable bonds is 4. The summed E-state index contributed by atoms with van der Waals surface area (Å²) in [7, 11) is 0. The van der Waals surface area contributed by atoms with E-state index in [1.807, 2.05) is 0 Å². The van der Waals surface area contributed by atoms with Gasteiger partial charge in [0.05, 0.1) is 18.2 Å². The Balaban J connectivity index is 2.12. The molecular formula is C16H23F3N2O. The molecule has 0 aliphatic carbocycles. The Morgan fingerprint density at radius 2 is 1.86 bits per heavy atom. The second-order valence-electron chi connectivity index (χ2n) is 5.79. The van der Waals surface area contributed by atoms with E-state index in [4.69, 9.17) is 0 Å². The molecule has 0 bridgehead atoms. The van der Waals surface area contributed by atoms with Crippen molar-refractivity contribution in [2.45, 2.75) is 32.1 Å². The Kier molecular flexibility index (Phi) is 5.47. The van der Waals surface area contributed by atoms with Crippen molar-refractivity contribution in [3.05, 3.63) is 35.4 Å². The Morgan fingerprint density at radius 1 is 1.23 bits per heavy atom. The van der Waals surface area contributed by atoms with Gasteiger partial charge < -0.3 is 5.11 Å². The van der Waals surface area contributed by atoms with Gasteiger partial charge in [-0.2, -0.15) is 13.2 Å². The predicted octanol–water partition coefficient (Wildman–Crippen LogP) is 2.76. The molecule has 1 heterocycles. The minimum absolute atomic E-state index is 0.0930. The van der Waals surface area contributed by atoms with Crippen LogP contribution in [0.15, 0.2) is 24.3 Å². The maximum atomic E-state index is 12.6. The average molecular weight is 316 g/mol. The summed E-state index contributed by atoms with van der Waals surface area (Å²) in [5.41, 5.74) is 0.0739. The van der Waals surface area contributed by atoms with Crippen molar-refractivity contribution in [1.82, 2.24) is 9.80 Å². The number of alkyl halides is 3. The summed E-state index contributed by atoms with van der Waals surface area (Å²) in [6.07, 6.45) is -4.32. The van der Waals surface area contributed by atoms with Gasteiger partial charge in [-0.1, -0.05) is 19.1 Å². The van der Waals surface area contributed by atoms with Crippen LogP contribution in [0.2, 0.25) is 0 Å². The van der Waals surface area contributed by atoms with Gasteiger partial charge in [-0.25, -0.2) is 0 Å². The standard InChI is InChI=1S/C16H23F3N2O/c1-3-20-8-9-21(10-12(20)2)15(11-22)13-4-6-14(7-5-13)16(17,18)19/h4-7,12,15,22H,3,8-11H2,1-2H3. The molecule has 1 N–H and O–H groups in total. The summed E-state index contributed by atoms with van der Waals surface area (Å²) in [5, 5.41) is 9.69. The van der Waals surface area contributed by atoms with Gasteiger partial charge in [0.2, 0.25) is 0 Å². The van der Waals surface area contributed by atoms with Gasteiger partial charge in [-0.05, 0) is 31.2 Å². The molecule has 3 nitrogen and oxygen atoms in total. The number of benzene rings is 1. The number of likely N-dealkylation sites (N-methyl/N-ethyl adjacent to an activating group) is 1. The van der Waals surface area contributed by atoms with E-state index in [-0.39, 0.29) is 12.6 Å². The summed E-state index contributed by atoms with van der Waals surface area (Å²) < 4.78 is 37.9. The molecule has 0 saturated carbocycles. The highest BCUT2D eigenvalue weighted by molar-refractivity contribution is 5.27. The molecule has 2 unspecified atom stereocenters. The molecule has 1 fully saturated rings. The number of hydrogen-bond donors (Lipinski definition) is 1. The summed E-state index contributed by atoms with van der Waals surface area (Å²) in [6, 6.07) is 5.25. The van der Waals surface area contributed by atoms with Gasteiger partial charge in [-0.15, -0.1) is 0 Å². The molecule has 0 spiro atoms. The third-order valence-corrected chi connectivity index (χ3v) is 4.44. The van der Waals surface area contributed by atoms with Crippen molar-refractivity contribution >= 4 is 0 Å². The maximum absolute atomic E-state index is 12.6. The van der Waals surface area contributed by atoms with Crippen molar-refractivity contribution in [2.75, 3.05) is 32.8 Å². The molecule has 1 aromatic carbocycles. The molecule has 1 saturated heterocycles. The number of halogens is 3. The number of piperazine rings is 1. The lowest BCUT2D eigenvalue weighted by atomic mass is 10.0. The van der Waals surface area contributed by atoms with E-state index in [1.54, 1.807) is 0 Å². The quantitative estimate of drug-likeness (QED) is 0.925. The first-order valence-corrected chi connectivity index (χ1v) is 7.63. The van der Waals surface area contributed by atoms with Gasteiger partial charge >= 0.3 is 6.18 Å². The van der Waals surface area contributed by atoms with Crippen LogP contribution in [0, 0.1) is 0 Å². The Labute approximate surface area is 129 Å². The lowest BCUT2D eigenvalue weighted by molar-refractivity contribution is -0.137. The summed E-state index contributed by atoms with van der Waals surface area (Å²) >= 11 is 0. The van der Waals surface area contributed by atoms with Gasteiger partial charge in [0.25, 0.3) is 0 Å². The first-order chi connectivity index (χ1) is 10.4. The highest BCUT2D eigenvalue weighted by atomic mass is 19.4. The molecule has 1 aromatic rings. The van der Waals surface area contributed by atoms with E-state index in [1.165, 1.54) is 12.1 Å².